The highest BCUT2D eigenvalue weighted by Gasteiger charge is 2.14. The topological polar surface area (TPSA) is 69.1 Å². The normalized spacial score (nSPS) is 10.3. The Morgan fingerprint density at radius 3 is 1.89 bits per heavy atom. The van der Waals surface area contributed by atoms with E-state index >= 15 is 0 Å². The van der Waals surface area contributed by atoms with Gasteiger partial charge in [0, 0.05) is 16.8 Å². The van der Waals surface area contributed by atoms with E-state index in [2.05, 4.69) is 0 Å². The summed E-state index contributed by atoms with van der Waals surface area (Å²) in [5, 5.41) is 0. The van der Waals surface area contributed by atoms with E-state index in [1.807, 2.05) is 0 Å². The summed E-state index contributed by atoms with van der Waals surface area (Å²) in [4.78, 5) is 12.0. The van der Waals surface area contributed by atoms with Gasteiger partial charge in [-0.3, -0.25) is 4.79 Å². The second-order valence-corrected chi connectivity index (χ2v) is 3.80. The molecule has 0 aromatic heterocycles. The first-order valence-electron chi connectivity index (χ1n) is 5.14. The molecule has 0 saturated heterocycles. The van der Waals surface area contributed by atoms with Crippen LogP contribution in [-0.2, 0) is 0 Å². The fourth-order valence-electron chi connectivity index (χ4n) is 1.52. The van der Waals surface area contributed by atoms with Gasteiger partial charge in [-0.05, 0) is 36.4 Å². The molecule has 0 aliphatic carbocycles. The fraction of sp³-hybridized carbons (Fsp3) is 0. The van der Waals surface area contributed by atoms with Crippen molar-refractivity contribution in [2.24, 2.45) is 0 Å². The molecule has 0 radical (unpaired) electrons. The average molecular weight is 248 g/mol. The zero-order valence-corrected chi connectivity index (χ0v) is 9.28. The third-order valence-corrected chi connectivity index (χ3v) is 2.51. The molecule has 0 fully saturated rings. The van der Waals surface area contributed by atoms with Crippen molar-refractivity contribution >= 4 is 17.2 Å². The summed E-state index contributed by atoms with van der Waals surface area (Å²) in [6, 6.07) is 7.89. The number of halogens is 2. The van der Waals surface area contributed by atoms with Crippen molar-refractivity contribution < 1.29 is 13.6 Å². The summed E-state index contributed by atoms with van der Waals surface area (Å²) in [5.41, 5.74) is 10.7. The van der Waals surface area contributed by atoms with Gasteiger partial charge >= 0.3 is 0 Å². The van der Waals surface area contributed by atoms with E-state index in [0.717, 1.165) is 12.1 Å². The Morgan fingerprint density at radius 2 is 1.39 bits per heavy atom. The minimum atomic E-state index is -0.950. The summed E-state index contributed by atoms with van der Waals surface area (Å²) in [5.74, 6) is -2.39. The number of hydrogen-bond donors (Lipinski definition) is 2. The fourth-order valence-corrected chi connectivity index (χ4v) is 1.52. The summed E-state index contributed by atoms with van der Waals surface area (Å²) < 4.78 is 26.5. The number of benzene rings is 2. The third kappa shape index (κ3) is 2.15. The zero-order chi connectivity index (χ0) is 13.3. The first kappa shape index (κ1) is 12.0. The van der Waals surface area contributed by atoms with E-state index in [-0.39, 0.29) is 5.56 Å². The molecule has 2 aromatic rings. The van der Waals surface area contributed by atoms with E-state index in [1.165, 1.54) is 24.3 Å². The molecule has 0 aliphatic heterocycles. The van der Waals surface area contributed by atoms with Crippen LogP contribution >= 0.6 is 0 Å². The van der Waals surface area contributed by atoms with Gasteiger partial charge in [-0.15, -0.1) is 0 Å². The van der Waals surface area contributed by atoms with Gasteiger partial charge in [-0.2, -0.15) is 0 Å². The van der Waals surface area contributed by atoms with Crippen molar-refractivity contribution in [1.82, 2.24) is 0 Å². The van der Waals surface area contributed by atoms with Gasteiger partial charge in [-0.25, -0.2) is 8.78 Å². The van der Waals surface area contributed by atoms with Crippen LogP contribution in [0.25, 0.3) is 0 Å². The van der Waals surface area contributed by atoms with E-state index in [1.54, 1.807) is 0 Å². The highest BCUT2D eigenvalue weighted by molar-refractivity contribution is 6.09. The molecule has 0 amide bonds. The molecule has 0 saturated carbocycles. The van der Waals surface area contributed by atoms with Crippen LogP contribution in [0.1, 0.15) is 15.9 Å². The molecule has 2 rings (SSSR count). The van der Waals surface area contributed by atoms with E-state index in [9.17, 15) is 13.6 Å². The van der Waals surface area contributed by atoms with Crippen LogP contribution in [0.15, 0.2) is 36.4 Å². The lowest BCUT2D eigenvalue weighted by molar-refractivity contribution is 0.103. The van der Waals surface area contributed by atoms with Crippen molar-refractivity contribution in [3.63, 3.8) is 0 Å². The van der Waals surface area contributed by atoms with Crippen LogP contribution in [0.2, 0.25) is 0 Å². The molecule has 0 unspecified atom stereocenters. The van der Waals surface area contributed by atoms with Gasteiger partial charge in [0.05, 0.1) is 0 Å². The molecular weight excluding hydrogens is 238 g/mol. The van der Waals surface area contributed by atoms with Gasteiger partial charge in [0.15, 0.2) is 5.78 Å². The standard InChI is InChI=1S/C13H10F2N2O/c14-10-5-8(6-11(15)12(10)17)13(18)7-1-3-9(16)4-2-7/h1-6H,16-17H2. The molecule has 0 aliphatic rings. The number of rotatable bonds is 2. The Bertz CT molecular complexity index is 586. The Balaban J connectivity index is 2.43. The monoisotopic (exact) mass is 248 g/mol. The highest BCUT2D eigenvalue weighted by atomic mass is 19.1. The predicted octanol–water partition coefficient (Wildman–Crippen LogP) is 2.36. The molecule has 18 heavy (non-hydrogen) atoms. The number of nitrogens with two attached hydrogens (primary N) is 2. The predicted molar refractivity (Wildman–Crippen MR) is 65.1 cm³/mol. The largest absolute Gasteiger partial charge is 0.399 e. The number of nitrogen functional groups attached to an aromatic ring is 2. The average Bonchev–Trinajstić information content (AvgIpc) is 2.35. The minimum absolute atomic E-state index is 0.0935. The van der Waals surface area contributed by atoms with Crippen LogP contribution < -0.4 is 11.5 Å². The lowest BCUT2D eigenvalue weighted by atomic mass is 10.0. The number of hydrogen-bond acceptors (Lipinski definition) is 3. The van der Waals surface area contributed by atoms with Crippen LogP contribution in [-0.4, -0.2) is 5.78 Å². The molecular formula is C13H10F2N2O. The van der Waals surface area contributed by atoms with Gasteiger partial charge in [0.2, 0.25) is 0 Å². The maximum atomic E-state index is 13.2. The SMILES string of the molecule is Nc1ccc(C(=O)c2cc(F)c(N)c(F)c2)cc1. The molecule has 0 spiro atoms. The summed E-state index contributed by atoms with van der Waals surface area (Å²) >= 11 is 0. The van der Waals surface area contributed by atoms with Crippen molar-refractivity contribution in [1.29, 1.82) is 0 Å². The first-order chi connectivity index (χ1) is 8.49. The quantitative estimate of drug-likeness (QED) is 0.633. The van der Waals surface area contributed by atoms with E-state index < -0.39 is 23.1 Å². The lowest BCUT2D eigenvalue weighted by Crippen LogP contribution is -2.05. The Hall–Kier alpha value is -2.43. The maximum Gasteiger partial charge on any atom is 0.193 e. The van der Waals surface area contributed by atoms with Gasteiger partial charge in [0.25, 0.3) is 0 Å². The van der Waals surface area contributed by atoms with Crippen LogP contribution in [0.5, 0.6) is 0 Å². The molecule has 0 heterocycles. The van der Waals surface area contributed by atoms with Gasteiger partial charge in [-0.1, -0.05) is 0 Å². The van der Waals surface area contributed by atoms with Crippen molar-refractivity contribution in [3.05, 3.63) is 59.2 Å². The number of anilines is 2. The van der Waals surface area contributed by atoms with E-state index in [4.69, 9.17) is 11.5 Å². The Morgan fingerprint density at radius 1 is 0.889 bits per heavy atom. The van der Waals surface area contributed by atoms with Crippen molar-refractivity contribution in [2.75, 3.05) is 11.5 Å². The Kier molecular flexibility index (Phi) is 2.97. The molecule has 92 valence electrons. The van der Waals surface area contributed by atoms with Crippen LogP contribution in [0, 0.1) is 11.6 Å². The molecule has 3 nitrogen and oxygen atoms in total. The molecule has 5 heteroatoms. The smallest absolute Gasteiger partial charge is 0.193 e. The van der Waals surface area contributed by atoms with Crippen molar-refractivity contribution in [2.45, 2.75) is 0 Å². The third-order valence-electron chi connectivity index (χ3n) is 2.51. The molecule has 4 N–H and O–H groups in total. The lowest BCUT2D eigenvalue weighted by Gasteiger charge is -2.04. The summed E-state index contributed by atoms with van der Waals surface area (Å²) in [6.45, 7) is 0. The second-order valence-electron chi connectivity index (χ2n) is 3.80. The first-order valence-corrected chi connectivity index (χ1v) is 5.14. The second kappa shape index (κ2) is 4.44. The van der Waals surface area contributed by atoms with Crippen molar-refractivity contribution in [3.8, 4) is 0 Å². The van der Waals surface area contributed by atoms with Gasteiger partial charge in [0.1, 0.15) is 17.3 Å². The summed E-state index contributed by atoms with van der Waals surface area (Å²) in [6.07, 6.45) is 0. The van der Waals surface area contributed by atoms with Crippen LogP contribution in [0.4, 0.5) is 20.2 Å². The van der Waals surface area contributed by atoms with Crippen LogP contribution in [0.3, 0.4) is 0 Å². The maximum absolute atomic E-state index is 13.2. The Labute approximate surface area is 102 Å². The number of carbonyl (C=O) groups excluding carboxylic acids is 1. The number of ketones is 1. The molecule has 2 aromatic carbocycles. The zero-order valence-electron chi connectivity index (χ0n) is 9.28. The van der Waals surface area contributed by atoms with E-state index in [0.29, 0.717) is 11.3 Å². The minimum Gasteiger partial charge on any atom is -0.399 e. The number of carbonyl (C=O) groups is 1. The molecule has 0 bridgehead atoms. The summed E-state index contributed by atoms with van der Waals surface area (Å²) in [7, 11) is 0. The van der Waals surface area contributed by atoms with Gasteiger partial charge < -0.3 is 11.5 Å². The molecule has 0 atom stereocenters. The highest BCUT2D eigenvalue weighted by Crippen LogP contribution is 2.20.